The van der Waals surface area contributed by atoms with E-state index in [1.54, 1.807) is 18.2 Å². The summed E-state index contributed by atoms with van der Waals surface area (Å²) in [5, 5.41) is 12.3. The van der Waals surface area contributed by atoms with Crippen molar-refractivity contribution >= 4 is 5.76 Å². The fourth-order valence-corrected chi connectivity index (χ4v) is 2.38. The van der Waals surface area contributed by atoms with Crippen molar-refractivity contribution in [3.8, 4) is 17.2 Å². The van der Waals surface area contributed by atoms with E-state index in [-0.39, 0.29) is 22.8 Å². The first kappa shape index (κ1) is 22.3. The molecule has 2 aromatic rings. The minimum Gasteiger partial charge on any atom is -0.872 e. The van der Waals surface area contributed by atoms with E-state index in [9.17, 15) is 5.11 Å². The van der Waals surface area contributed by atoms with Crippen LogP contribution in [0.4, 0.5) is 0 Å². The molecule has 0 bridgehead atoms. The number of benzene rings is 1. The van der Waals surface area contributed by atoms with E-state index in [0.29, 0.717) is 22.8 Å². The Morgan fingerprint density at radius 1 is 0.926 bits per heavy atom. The zero-order valence-corrected chi connectivity index (χ0v) is 16.6. The molecule has 0 heterocycles. The number of allylic oxidation sites excluding steroid dienone is 7. The SMILES string of the molecule is COc1ccc(C([O-])=CC=C2C=CC=C2)c(OC)c1OC.[Fe+2].c1cc[cH-]c1. The van der Waals surface area contributed by atoms with Crippen molar-refractivity contribution in [3.63, 3.8) is 0 Å². The quantitative estimate of drug-likeness (QED) is 0.430. The minimum absolute atomic E-state index is 0. The average molecular weight is 406 g/mol. The number of methoxy groups -OCH3 is 3. The summed E-state index contributed by atoms with van der Waals surface area (Å²) in [5.41, 5.74) is 1.40. The maximum atomic E-state index is 12.3. The van der Waals surface area contributed by atoms with Gasteiger partial charge in [-0.2, -0.15) is 18.2 Å². The summed E-state index contributed by atoms with van der Waals surface area (Å²) in [7, 11) is 4.54. The maximum absolute atomic E-state index is 12.3. The Morgan fingerprint density at radius 2 is 1.56 bits per heavy atom. The molecule has 0 spiro atoms. The molecular formula is C22H22FeO4. The molecule has 0 saturated carbocycles. The van der Waals surface area contributed by atoms with Gasteiger partial charge in [0.2, 0.25) is 5.75 Å². The standard InChI is InChI=1S/C17H18O4.C5H5.Fe/c1-19-15-11-9-13(16(20-2)17(15)21-3)14(18)10-8-12-6-4-5-7-12;1-2-4-5-3-1;/h4-11,18H,1-3H3;1-5H;/q;-1;+2/p-1. The van der Waals surface area contributed by atoms with Crippen LogP contribution in [0.3, 0.4) is 0 Å². The van der Waals surface area contributed by atoms with E-state index in [2.05, 4.69) is 0 Å². The van der Waals surface area contributed by atoms with Crippen LogP contribution < -0.4 is 19.3 Å². The van der Waals surface area contributed by atoms with E-state index in [4.69, 9.17) is 14.2 Å². The predicted molar refractivity (Wildman–Crippen MR) is 102 cm³/mol. The fourth-order valence-electron chi connectivity index (χ4n) is 2.38. The van der Waals surface area contributed by atoms with Gasteiger partial charge in [-0.1, -0.05) is 42.2 Å². The van der Waals surface area contributed by atoms with Crippen molar-refractivity contribution in [3.05, 3.63) is 90.1 Å². The molecule has 0 aromatic heterocycles. The van der Waals surface area contributed by atoms with Crippen molar-refractivity contribution in [2.45, 2.75) is 0 Å². The fraction of sp³-hybridized carbons (Fsp3) is 0.136. The van der Waals surface area contributed by atoms with Crippen LogP contribution >= 0.6 is 0 Å². The molecule has 0 unspecified atom stereocenters. The van der Waals surface area contributed by atoms with Crippen LogP contribution in [0.25, 0.3) is 5.76 Å². The molecule has 27 heavy (non-hydrogen) atoms. The van der Waals surface area contributed by atoms with Crippen LogP contribution in [-0.2, 0) is 17.1 Å². The first-order valence-electron chi connectivity index (χ1n) is 8.11. The van der Waals surface area contributed by atoms with Gasteiger partial charge in [0.1, 0.15) is 0 Å². The van der Waals surface area contributed by atoms with Gasteiger partial charge in [0, 0.05) is 5.56 Å². The van der Waals surface area contributed by atoms with Gasteiger partial charge in [0.15, 0.2) is 11.5 Å². The van der Waals surface area contributed by atoms with Gasteiger partial charge < -0.3 is 19.3 Å². The van der Waals surface area contributed by atoms with E-state index >= 15 is 0 Å². The molecule has 1 aliphatic rings. The van der Waals surface area contributed by atoms with Gasteiger partial charge in [0.05, 0.1) is 21.3 Å². The summed E-state index contributed by atoms with van der Waals surface area (Å²) >= 11 is 0. The maximum Gasteiger partial charge on any atom is 2.00 e. The first-order valence-corrected chi connectivity index (χ1v) is 8.11. The molecule has 142 valence electrons. The molecule has 2 aromatic carbocycles. The summed E-state index contributed by atoms with van der Waals surface area (Å²) in [6.45, 7) is 0. The van der Waals surface area contributed by atoms with Gasteiger partial charge in [-0.15, -0.1) is 0 Å². The Morgan fingerprint density at radius 3 is 2.04 bits per heavy atom. The van der Waals surface area contributed by atoms with Crippen molar-refractivity contribution in [1.29, 1.82) is 0 Å². The third-order valence-corrected chi connectivity index (χ3v) is 3.64. The molecule has 1 aliphatic carbocycles. The molecule has 0 aliphatic heterocycles. The largest absolute Gasteiger partial charge is 2.00 e. The summed E-state index contributed by atoms with van der Waals surface area (Å²) < 4.78 is 15.8. The number of hydrogen-bond acceptors (Lipinski definition) is 4. The normalized spacial score (nSPS) is 12.0. The third-order valence-electron chi connectivity index (χ3n) is 3.64. The minimum atomic E-state index is -0.158. The van der Waals surface area contributed by atoms with Gasteiger partial charge in [-0.25, -0.2) is 12.1 Å². The second kappa shape index (κ2) is 11.8. The Labute approximate surface area is 170 Å². The topological polar surface area (TPSA) is 50.8 Å². The van der Waals surface area contributed by atoms with Crippen molar-refractivity contribution in [2.24, 2.45) is 0 Å². The summed E-state index contributed by atoms with van der Waals surface area (Å²) in [6.07, 6.45) is 11.0. The molecule has 5 heteroatoms. The number of rotatable bonds is 5. The van der Waals surface area contributed by atoms with Gasteiger partial charge in [-0.05, 0) is 17.7 Å². The second-order valence-electron chi connectivity index (χ2n) is 5.26. The van der Waals surface area contributed by atoms with Crippen LogP contribution in [0.2, 0.25) is 0 Å². The Kier molecular flexibility index (Phi) is 9.73. The van der Waals surface area contributed by atoms with Crippen molar-refractivity contribution in [2.75, 3.05) is 21.3 Å². The first-order chi connectivity index (χ1) is 12.7. The van der Waals surface area contributed by atoms with Crippen LogP contribution in [0.15, 0.2) is 84.5 Å². The van der Waals surface area contributed by atoms with E-state index < -0.39 is 0 Å². The second-order valence-corrected chi connectivity index (χ2v) is 5.26. The molecule has 0 radical (unpaired) electrons. The van der Waals surface area contributed by atoms with Gasteiger partial charge in [-0.3, -0.25) is 0 Å². The Hall–Kier alpha value is -2.75. The third kappa shape index (κ3) is 6.17. The molecule has 0 N–H and O–H groups in total. The Bertz CT molecular complexity index is 784. The van der Waals surface area contributed by atoms with E-state index in [1.807, 2.05) is 54.6 Å². The van der Waals surface area contributed by atoms with Crippen molar-refractivity contribution < 1.29 is 36.4 Å². The summed E-state index contributed by atoms with van der Waals surface area (Å²) in [5.74, 6) is 1.14. The molecule has 0 saturated heterocycles. The molecule has 3 rings (SSSR count). The van der Waals surface area contributed by atoms with Gasteiger partial charge in [0.25, 0.3) is 0 Å². The average Bonchev–Trinajstić information content (AvgIpc) is 3.41. The van der Waals surface area contributed by atoms with Crippen molar-refractivity contribution in [1.82, 2.24) is 0 Å². The summed E-state index contributed by atoms with van der Waals surface area (Å²) in [6, 6.07) is 13.3. The zero-order chi connectivity index (χ0) is 18.8. The van der Waals surface area contributed by atoms with Crippen LogP contribution in [0.1, 0.15) is 5.56 Å². The molecule has 0 atom stereocenters. The van der Waals surface area contributed by atoms with Gasteiger partial charge >= 0.3 is 17.1 Å². The molecule has 0 fully saturated rings. The van der Waals surface area contributed by atoms with Crippen LogP contribution in [0.5, 0.6) is 17.2 Å². The molecule has 4 nitrogen and oxygen atoms in total. The summed E-state index contributed by atoms with van der Waals surface area (Å²) in [4.78, 5) is 0. The molecule has 0 amide bonds. The monoisotopic (exact) mass is 406 g/mol. The zero-order valence-electron chi connectivity index (χ0n) is 15.5. The number of ether oxygens (including phenoxy) is 3. The Balaban J connectivity index is 0.000000526. The van der Waals surface area contributed by atoms with Crippen LogP contribution in [-0.4, -0.2) is 21.3 Å². The smallest absolute Gasteiger partial charge is 0.872 e. The van der Waals surface area contributed by atoms with E-state index in [0.717, 1.165) is 5.57 Å². The van der Waals surface area contributed by atoms with E-state index in [1.165, 1.54) is 27.4 Å². The predicted octanol–water partition coefficient (Wildman–Crippen LogP) is 3.87. The molecular weight excluding hydrogens is 384 g/mol. The number of hydrogen-bond donors (Lipinski definition) is 0. The van der Waals surface area contributed by atoms with Crippen LogP contribution in [0, 0.1) is 0 Å².